The van der Waals surface area contributed by atoms with Crippen LogP contribution in [0.5, 0.6) is 0 Å². The summed E-state index contributed by atoms with van der Waals surface area (Å²) < 4.78 is 9.42. The highest BCUT2D eigenvalue weighted by Crippen LogP contribution is 2.50. The van der Waals surface area contributed by atoms with E-state index in [1.54, 1.807) is 0 Å². The van der Waals surface area contributed by atoms with Crippen LogP contribution in [0.4, 0.5) is 17.1 Å². The Hall–Kier alpha value is -6.42. The Bertz CT molecular complexity index is 2850. The van der Waals surface area contributed by atoms with E-state index in [-0.39, 0.29) is 0 Å². The summed E-state index contributed by atoms with van der Waals surface area (Å²) in [5.74, 6) is 0. The van der Waals surface area contributed by atoms with E-state index >= 15 is 0 Å². The molecule has 0 fully saturated rings. The van der Waals surface area contributed by atoms with Crippen LogP contribution in [0.25, 0.3) is 75.5 Å². The maximum Gasteiger partial charge on any atom is 0.160 e. The zero-order valence-corrected chi connectivity index (χ0v) is 28.5. The lowest BCUT2D eigenvalue weighted by Gasteiger charge is -2.27. The number of anilines is 3. The average Bonchev–Trinajstić information content (AvgIpc) is 3.78. The fourth-order valence-corrected chi connectivity index (χ4v) is 8.73. The van der Waals surface area contributed by atoms with Gasteiger partial charge in [0.05, 0.1) is 5.69 Å². The second kappa shape index (κ2) is 12.2. The number of thiophene rings is 1. The Morgan fingerprint density at radius 2 is 1.02 bits per heavy atom. The number of nitrogens with zero attached hydrogens (tertiary/aromatic N) is 1. The minimum absolute atomic E-state index is 0.883. The lowest BCUT2D eigenvalue weighted by Crippen LogP contribution is -2.11. The van der Waals surface area contributed by atoms with Gasteiger partial charge < -0.3 is 9.32 Å². The van der Waals surface area contributed by atoms with Gasteiger partial charge in [0.15, 0.2) is 5.58 Å². The highest BCUT2D eigenvalue weighted by molar-refractivity contribution is 7.26. The molecule has 10 aromatic rings. The van der Waals surface area contributed by atoms with Crippen molar-refractivity contribution in [1.82, 2.24) is 0 Å². The molecule has 3 heteroatoms. The Labute approximate surface area is 300 Å². The van der Waals surface area contributed by atoms with Gasteiger partial charge >= 0.3 is 0 Å². The van der Waals surface area contributed by atoms with Gasteiger partial charge in [-0.25, -0.2) is 0 Å². The van der Waals surface area contributed by atoms with E-state index in [4.69, 9.17) is 4.42 Å². The topological polar surface area (TPSA) is 16.4 Å². The Morgan fingerprint density at radius 3 is 1.78 bits per heavy atom. The molecule has 2 nitrogen and oxygen atoms in total. The minimum Gasteiger partial charge on any atom is -0.454 e. The minimum atomic E-state index is 0.883. The number of furan rings is 1. The van der Waals surface area contributed by atoms with Crippen molar-refractivity contribution in [1.29, 1.82) is 0 Å². The van der Waals surface area contributed by atoms with E-state index in [1.807, 2.05) is 11.3 Å². The van der Waals surface area contributed by atoms with Gasteiger partial charge in [0, 0.05) is 42.3 Å². The van der Waals surface area contributed by atoms with Crippen LogP contribution >= 0.6 is 11.3 Å². The van der Waals surface area contributed by atoms with E-state index < -0.39 is 0 Å². The largest absolute Gasteiger partial charge is 0.454 e. The van der Waals surface area contributed by atoms with E-state index in [0.717, 1.165) is 44.6 Å². The summed E-state index contributed by atoms with van der Waals surface area (Å²) in [5.41, 5.74) is 12.0. The average molecular weight is 670 g/mol. The number of fused-ring (bicyclic) bond motifs is 7. The number of hydrogen-bond acceptors (Lipinski definition) is 3. The molecule has 0 aliphatic heterocycles. The fourth-order valence-electron chi connectivity index (χ4n) is 7.49. The lowest BCUT2D eigenvalue weighted by atomic mass is 9.93. The van der Waals surface area contributed by atoms with Crippen molar-refractivity contribution in [2.75, 3.05) is 4.90 Å². The Kier molecular flexibility index (Phi) is 7.04. The first-order valence-corrected chi connectivity index (χ1v) is 18.1. The van der Waals surface area contributed by atoms with E-state index in [0.29, 0.717) is 0 Å². The van der Waals surface area contributed by atoms with Crippen molar-refractivity contribution in [2.45, 2.75) is 0 Å². The molecule has 0 saturated carbocycles. The number of rotatable bonds is 6. The molecular formula is C48H31NOS. The molecule has 0 aliphatic carbocycles. The van der Waals surface area contributed by atoms with Gasteiger partial charge in [-0.2, -0.15) is 0 Å². The molecule has 8 aromatic carbocycles. The molecule has 0 N–H and O–H groups in total. The van der Waals surface area contributed by atoms with Crippen LogP contribution in [0.15, 0.2) is 192 Å². The van der Waals surface area contributed by atoms with Crippen LogP contribution in [0.2, 0.25) is 0 Å². The van der Waals surface area contributed by atoms with Gasteiger partial charge in [0.2, 0.25) is 0 Å². The van der Waals surface area contributed by atoms with Crippen molar-refractivity contribution in [3.63, 3.8) is 0 Å². The summed E-state index contributed by atoms with van der Waals surface area (Å²) in [7, 11) is 0. The third kappa shape index (κ3) is 5.01. The van der Waals surface area contributed by atoms with Crippen LogP contribution in [0.3, 0.4) is 0 Å². The Morgan fingerprint density at radius 1 is 0.412 bits per heavy atom. The summed E-state index contributed by atoms with van der Waals surface area (Å²) in [5, 5.41) is 4.78. The van der Waals surface area contributed by atoms with Crippen LogP contribution in [0, 0.1) is 0 Å². The molecule has 10 rings (SSSR count). The van der Waals surface area contributed by atoms with Gasteiger partial charge in [-0.15, -0.1) is 11.3 Å². The summed E-state index contributed by atoms with van der Waals surface area (Å²) >= 11 is 1.84. The molecule has 0 atom stereocenters. The molecule has 240 valence electrons. The van der Waals surface area contributed by atoms with Gasteiger partial charge in [0.25, 0.3) is 0 Å². The summed E-state index contributed by atoms with van der Waals surface area (Å²) in [4.78, 5) is 2.39. The highest BCUT2D eigenvalue weighted by Gasteiger charge is 2.25. The molecule has 0 radical (unpaired) electrons. The van der Waals surface area contributed by atoms with Crippen molar-refractivity contribution in [3.8, 4) is 33.4 Å². The smallest absolute Gasteiger partial charge is 0.160 e. The molecule has 2 heterocycles. The molecule has 0 bridgehead atoms. The molecule has 51 heavy (non-hydrogen) atoms. The third-order valence-electron chi connectivity index (χ3n) is 9.85. The monoisotopic (exact) mass is 669 g/mol. The first-order valence-electron chi connectivity index (χ1n) is 17.3. The molecule has 0 amide bonds. The zero-order chi connectivity index (χ0) is 33.7. The standard InChI is InChI=1S/C48H31NOS/c1-4-15-32(16-5-1)35-21-14-22-36(29-35)49(37-27-28-38(33-17-6-2-7-18-33)41(30-37)34-19-8-3-9-20-34)43-31-42-39-23-11-13-26-45(39)51-48(42)46-40-24-10-12-25-44(40)50-47(43)46/h1-31H. The molecule has 0 unspecified atom stereocenters. The first-order chi connectivity index (χ1) is 25.3. The maximum absolute atomic E-state index is 6.90. The van der Waals surface area contributed by atoms with E-state index in [9.17, 15) is 0 Å². The van der Waals surface area contributed by atoms with Crippen molar-refractivity contribution in [2.24, 2.45) is 0 Å². The molecule has 0 aliphatic rings. The van der Waals surface area contributed by atoms with Crippen molar-refractivity contribution in [3.05, 3.63) is 188 Å². The second-order valence-corrected chi connectivity index (χ2v) is 13.9. The number of benzene rings is 8. The maximum atomic E-state index is 6.90. The normalized spacial score (nSPS) is 11.5. The zero-order valence-electron chi connectivity index (χ0n) is 27.7. The second-order valence-electron chi connectivity index (χ2n) is 12.9. The number of para-hydroxylation sites is 1. The van der Waals surface area contributed by atoms with Gasteiger partial charge in [-0.1, -0.05) is 146 Å². The SMILES string of the molecule is c1ccc(-c2cccc(N(c3ccc(-c4ccccc4)c(-c4ccccc4)c3)c3cc4c5ccccc5sc4c4c3oc3ccccc34)c2)cc1. The molecule has 0 spiro atoms. The molecule has 0 saturated heterocycles. The third-order valence-corrected chi connectivity index (χ3v) is 11.1. The van der Waals surface area contributed by atoms with Crippen LogP contribution < -0.4 is 4.90 Å². The van der Waals surface area contributed by atoms with Crippen molar-refractivity contribution >= 4 is 70.5 Å². The lowest BCUT2D eigenvalue weighted by molar-refractivity contribution is 0.669. The van der Waals surface area contributed by atoms with E-state index in [1.165, 1.54) is 48.0 Å². The summed E-state index contributed by atoms with van der Waals surface area (Å²) in [6.45, 7) is 0. The van der Waals surface area contributed by atoms with Crippen molar-refractivity contribution < 1.29 is 4.42 Å². The van der Waals surface area contributed by atoms with Crippen LogP contribution in [-0.4, -0.2) is 0 Å². The predicted octanol–water partition coefficient (Wildman–Crippen LogP) is 14.4. The van der Waals surface area contributed by atoms with Gasteiger partial charge in [-0.05, 0) is 75.8 Å². The Balaban J connectivity index is 1.31. The molecular weight excluding hydrogens is 639 g/mol. The quantitative estimate of drug-likeness (QED) is 0.175. The van der Waals surface area contributed by atoms with Gasteiger partial charge in [-0.3, -0.25) is 0 Å². The first kappa shape index (κ1) is 29.5. The predicted molar refractivity (Wildman–Crippen MR) is 218 cm³/mol. The van der Waals surface area contributed by atoms with Gasteiger partial charge in [0.1, 0.15) is 5.58 Å². The highest BCUT2D eigenvalue weighted by atomic mass is 32.1. The van der Waals surface area contributed by atoms with E-state index in [2.05, 4.69) is 193 Å². The summed E-state index contributed by atoms with van der Waals surface area (Å²) in [6, 6.07) is 67.3. The van der Waals surface area contributed by atoms with Crippen LogP contribution in [-0.2, 0) is 0 Å². The summed E-state index contributed by atoms with van der Waals surface area (Å²) in [6.07, 6.45) is 0. The fraction of sp³-hybridized carbons (Fsp3) is 0. The number of hydrogen-bond donors (Lipinski definition) is 0. The molecule has 2 aromatic heterocycles. The van der Waals surface area contributed by atoms with Crippen LogP contribution in [0.1, 0.15) is 0 Å².